The molecule has 0 saturated heterocycles. The third-order valence-electron chi connectivity index (χ3n) is 10.1. The average molecular weight is 803 g/mol. The van der Waals surface area contributed by atoms with Crippen LogP contribution in [-0.2, 0) is 0 Å². The zero-order valence-corrected chi connectivity index (χ0v) is 31.5. The fraction of sp³-hybridized carbons (Fsp3) is 0.0625. The first-order valence-electron chi connectivity index (χ1n) is 17.7. The van der Waals surface area contributed by atoms with E-state index in [2.05, 4.69) is 192 Å². The summed E-state index contributed by atoms with van der Waals surface area (Å²) in [5, 5.41) is 7.09. The minimum Gasteiger partial charge on any atom is -1.00 e. The Morgan fingerprint density at radius 3 is 2.08 bits per heavy atom. The lowest BCUT2D eigenvalue weighted by molar-refractivity contribution is -0.569. The van der Waals surface area contributed by atoms with Gasteiger partial charge in [0.2, 0.25) is 16.9 Å². The standard InChI is InChI=1S/C48H36ClN2.HI/c49-48-36(22-26-40-28-30-44-42-20-9-7-12-34(42)24-32-46(44)50(40)38-16-3-1-4-17-38)14-11-15-37(48)23-27-41-29-31-45-43-21-10-8-13-35(43)25-33-47(45)51(41)39-18-5-2-6-19-39;/h1-10,12-13,16-33H,11,14-15H2;1H/q+1;/p-1. The Balaban J connectivity index is 0.00000387. The van der Waals surface area contributed by atoms with Gasteiger partial charge in [-0.05, 0) is 94.4 Å². The summed E-state index contributed by atoms with van der Waals surface area (Å²) in [6.07, 6.45) is 16.3. The molecule has 1 aromatic heterocycles. The Kier molecular flexibility index (Phi) is 9.64. The van der Waals surface area contributed by atoms with Crippen molar-refractivity contribution >= 4 is 67.6 Å². The highest BCUT2D eigenvalue weighted by molar-refractivity contribution is 6.32. The van der Waals surface area contributed by atoms with Crippen molar-refractivity contribution in [1.29, 1.82) is 0 Å². The van der Waals surface area contributed by atoms with E-state index in [4.69, 9.17) is 11.6 Å². The Morgan fingerprint density at radius 2 is 1.27 bits per heavy atom. The summed E-state index contributed by atoms with van der Waals surface area (Å²) in [4.78, 5) is 2.35. The van der Waals surface area contributed by atoms with E-state index >= 15 is 0 Å². The van der Waals surface area contributed by atoms with Crippen molar-refractivity contribution in [3.8, 4) is 5.69 Å². The molecule has 1 aliphatic heterocycles. The van der Waals surface area contributed by atoms with E-state index in [0.29, 0.717) is 0 Å². The molecule has 9 rings (SSSR count). The van der Waals surface area contributed by atoms with Gasteiger partial charge in [-0.15, -0.1) is 0 Å². The molecule has 0 N–H and O–H groups in total. The smallest absolute Gasteiger partial charge is 0.219 e. The Hall–Kier alpha value is -5.23. The Labute approximate surface area is 327 Å². The molecule has 252 valence electrons. The van der Waals surface area contributed by atoms with Gasteiger partial charge in [-0.1, -0.05) is 121 Å². The lowest BCUT2D eigenvalue weighted by Gasteiger charge is -2.31. The maximum absolute atomic E-state index is 7.24. The van der Waals surface area contributed by atoms with E-state index in [9.17, 15) is 0 Å². The van der Waals surface area contributed by atoms with E-state index in [1.54, 1.807) is 0 Å². The number of aromatic nitrogens is 1. The summed E-state index contributed by atoms with van der Waals surface area (Å²) in [5.74, 6) is 0. The molecular formula is C48H36ClIN2. The molecule has 0 atom stereocenters. The number of rotatable bonds is 5. The third kappa shape index (κ3) is 6.29. The summed E-state index contributed by atoms with van der Waals surface area (Å²) in [6.45, 7) is 0. The number of fused-ring (bicyclic) bond motifs is 6. The van der Waals surface area contributed by atoms with Gasteiger partial charge in [0.1, 0.15) is 0 Å². The van der Waals surface area contributed by atoms with Crippen molar-refractivity contribution in [2.24, 2.45) is 0 Å². The van der Waals surface area contributed by atoms with Gasteiger partial charge < -0.3 is 28.9 Å². The first kappa shape index (κ1) is 33.9. The molecule has 4 heteroatoms. The minimum absolute atomic E-state index is 0. The molecule has 2 heterocycles. The number of nitrogens with zero attached hydrogens (tertiary/aromatic N) is 2. The molecule has 52 heavy (non-hydrogen) atoms. The molecule has 2 nitrogen and oxygen atoms in total. The second-order valence-electron chi connectivity index (χ2n) is 13.2. The van der Waals surface area contributed by atoms with Gasteiger partial charge in [0.15, 0.2) is 0 Å². The number of pyridine rings is 1. The van der Waals surface area contributed by atoms with Gasteiger partial charge in [0, 0.05) is 52.3 Å². The summed E-state index contributed by atoms with van der Waals surface area (Å²) in [5.41, 5.74) is 10.4. The van der Waals surface area contributed by atoms with Gasteiger partial charge in [-0.3, -0.25) is 0 Å². The topological polar surface area (TPSA) is 7.12 Å². The first-order valence-corrected chi connectivity index (χ1v) is 18.1. The molecular weight excluding hydrogens is 767 g/mol. The molecule has 0 bridgehead atoms. The molecule has 0 radical (unpaired) electrons. The number of halogens is 2. The normalized spacial score (nSPS) is 16.0. The van der Waals surface area contributed by atoms with Crippen LogP contribution in [0.15, 0.2) is 192 Å². The summed E-state index contributed by atoms with van der Waals surface area (Å²) in [6, 6.07) is 51.8. The van der Waals surface area contributed by atoms with Crippen molar-refractivity contribution in [1.82, 2.24) is 0 Å². The largest absolute Gasteiger partial charge is 1.00 e. The molecule has 6 aromatic carbocycles. The zero-order valence-electron chi connectivity index (χ0n) is 28.6. The predicted octanol–water partition coefficient (Wildman–Crippen LogP) is 9.79. The van der Waals surface area contributed by atoms with Gasteiger partial charge in [0.05, 0.1) is 11.1 Å². The van der Waals surface area contributed by atoms with Crippen molar-refractivity contribution in [2.45, 2.75) is 19.3 Å². The quantitative estimate of drug-likeness (QED) is 0.0956. The van der Waals surface area contributed by atoms with Crippen molar-refractivity contribution < 1.29 is 28.5 Å². The van der Waals surface area contributed by atoms with E-state index in [-0.39, 0.29) is 24.0 Å². The van der Waals surface area contributed by atoms with Crippen LogP contribution in [0, 0.1) is 0 Å². The van der Waals surface area contributed by atoms with E-state index in [1.165, 1.54) is 54.8 Å². The second-order valence-corrected chi connectivity index (χ2v) is 13.6. The number of hydrogen-bond acceptors (Lipinski definition) is 1. The lowest BCUT2D eigenvalue weighted by Crippen LogP contribution is -3.00. The van der Waals surface area contributed by atoms with Crippen LogP contribution in [0.3, 0.4) is 0 Å². The van der Waals surface area contributed by atoms with Crippen LogP contribution in [-0.4, -0.2) is 0 Å². The van der Waals surface area contributed by atoms with Crippen LogP contribution < -0.4 is 33.4 Å². The monoisotopic (exact) mass is 802 g/mol. The first-order chi connectivity index (χ1) is 25.2. The molecule has 0 spiro atoms. The van der Waals surface area contributed by atoms with Crippen LogP contribution in [0.1, 0.15) is 30.5 Å². The van der Waals surface area contributed by atoms with Crippen LogP contribution in [0.25, 0.3) is 50.3 Å². The fourth-order valence-corrected chi connectivity index (χ4v) is 7.96. The minimum atomic E-state index is 0. The predicted molar refractivity (Wildman–Crippen MR) is 216 cm³/mol. The molecule has 0 unspecified atom stereocenters. The van der Waals surface area contributed by atoms with Crippen molar-refractivity contribution in [3.63, 3.8) is 0 Å². The highest BCUT2D eigenvalue weighted by atomic mass is 127. The average Bonchev–Trinajstić information content (AvgIpc) is 3.20. The van der Waals surface area contributed by atoms with Crippen LogP contribution in [0.4, 0.5) is 11.4 Å². The third-order valence-corrected chi connectivity index (χ3v) is 10.6. The van der Waals surface area contributed by atoms with Gasteiger partial charge >= 0.3 is 0 Å². The highest BCUT2D eigenvalue weighted by Gasteiger charge is 2.22. The molecule has 0 amide bonds. The Bertz CT molecular complexity index is 2620. The highest BCUT2D eigenvalue weighted by Crippen LogP contribution is 2.41. The van der Waals surface area contributed by atoms with E-state index in [1.807, 2.05) is 0 Å². The maximum Gasteiger partial charge on any atom is 0.219 e. The number of anilines is 2. The van der Waals surface area contributed by atoms with Crippen LogP contribution in [0.2, 0.25) is 0 Å². The number of benzene rings is 6. The van der Waals surface area contributed by atoms with Crippen LogP contribution >= 0.6 is 11.6 Å². The molecule has 0 fully saturated rings. The number of para-hydroxylation sites is 2. The second kappa shape index (κ2) is 14.8. The van der Waals surface area contributed by atoms with Crippen LogP contribution in [0.5, 0.6) is 0 Å². The van der Waals surface area contributed by atoms with Gasteiger partial charge in [-0.2, -0.15) is 4.57 Å². The number of allylic oxidation sites excluding steroid dienone is 7. The van der Waals surface area contributed by atoms with E-state index < -0.39 is 0 Å². The number of hydrogen-bond donors (Lipinski definition) is 0. The summed E-state index contributed by atoms with van der Waals surface area (Å²) in [7, 11) is 0. The SMILES string of the molecule is ClC1=C(/C=C/c2ccc3c4ccccc4ccc3[n+]2-c2ccccc2)CCC/C1=C\C=C1/C=Cc2c(ccc3ccccc23)N1c1ccccc1.[I-]. The van der Waals surface area contributed by atoms with Gasteiger partial charge in [0.25, 0.3) is 0 Å². The molecule has 7 aromatic rings. The lowest BCUT2D eigenvalue weighted by atomic mass is 9.93. The van der Waals surface area contributed by atoms with Crippen molar-refractivity contribution in [2.75, 3.05) is 4.90 Å². The maximum atomic E-state index is 7.24. The summed E-state index contributed by atoms with van der Waals surface area (Å²) < 4.78 is 2.35. The van der Waals surface area contributed by atoms with Gasteiger partial charge in [-0.25, -0.2) is 0 Å². The fourth-order valence-electron chi connectivity index (χ4n) is 7.64. The Morgan fingerprint density at radius 1 is 0.577 bits per heavy atom. The zero-order chi connectivity index (χ0) is 34.1. The van der Waals surface area contributed by atoms with Crippen molar-refractivity contribution in [3.05, 3.63) is 203 Å². The van der Waals surface area contributed by atoms with E-state index in [0.717, 1.165) is 47.1 Å². The molecule has 1 aliphatic carbocycles. The molecule has 2 aliphatic rings. The summed E-state index contributed by atoms with van der Waals surface area (Å²) >= 11 is 7.24. The molecule has 0 saturated carbocycles.